The van der Waals surface area contributed by atoms with Crippen LogP contribution in [-0.4, -0.2) is 90.0 Å². The topological polar surface area (TPSA) is 146 Å². The van der Waals surface area contributed by atoms with E-state index in [1.54, 1.807) is 11.1 Å². The number of piperidine rings is 1. The lowest BCUT2D eigenvalue weighted by Gasteiger charge is -2.37. The van der Waals surface area contributed by atoms with E-state index in [1.165, 1.54) is 0 Å². The monoisotopic (exact) mass is 550 g/mol. The third kappa shape index (κ3) is 6.37. The van der Waals surface area contributed by atoms with E-state index in [9.17, 15) is 14.4 Å². The fraction of sp³-hybridized carbons (Fsp3) is 0.536. The average Bonchev–Trinajstić information content (AvgIpc) is 3.26. The van der Waals surface area contributed by atoms with Gasteiger partial charge < -0.3 is 35.8 Å². The first kappa shape index (κ1) is 27.5. The standard InChI is InChI=1S/C28H38N8O4/c1-34-14-15-36(28(34)39)21-7-3-13-35(18-21)23-17-31-24(25(29)37)26(33-23)32-20-8-10-22(11-9-20)40-16-4-12-30-27(38)19-5-2-6-19/h8-11,17,19,21H,2-7,12-16,18H2,1H3,(H2,29,37)(H,30,38)(H,32,33)/t21-/m1/s1. The summed E-state index contributed by atoms with van der Waals surface area (Å²) in [6.45, 7) is 3.99. The van der Waals surface area contributed by atoms with Gasteiger partial charge in [-0.25, -0.2) is 14.8 Å². The van der Waals surface area contributed by atoms with Crippen LogP contribution in [0.5, 0.6) is 5.75 Å². The summed E-state index contributed by atoms with van der Waals surface area (Å²) in [4.78, 5) is 51.3. The molecular formula is C28H38N8O4. The Morgan fingerprint density at radius 3 is 2.58 bits per heavy atom. The van der Waals surface area contributed by atoms with Gasteiger partial charge in [-0.3, -0.25) is 9.59 Å². The van der Waals surface area contributed by atoms with Crippen molar-refractivity contribution < 1.29 is 19.1 Å². The third-order valence-corrected chi connectivity index (χ3v) is 7.89. The van der Waals surface area contributed by atoms with Gasteiger partial charge in [0.15, 0.2) is 11.5 Å². The number of anilines is 3. The molecule has 1 atom stereocenters. The van der Waals surface area contributed by atoms with Crippen LogP contribution in [0.2, 0.25) is 0 Å². The first-order chi connectivity index (χ1) is 19.4. The summed E-state index contributed by atoms with van der Waals surface area (Å²) in [7, 11) is 1.83. The molecule has 2 aromatic rings. The van der Waals surface area contributed by atoms with Gasteiger partial charge in [0, 0.05) is 51.4 Å². The van der Waals surface area contributed by atoms with Crippen LogP contribution in [0.4, 0.5) is 22.1 Å². The zero-order valence-corrected chi connectivity index (χ0v) is 23.0. The second-order valence-electron chi connectivity index (χ2n) is 10.7. The van der Waals surface area contributed by atoms with Crippen molar-refractivity contribution in [2.75, 3.05) is 56.6 Å². The highest BCUT2D eigenvalue weighted by molar-refractivity contribution is 5.96. The SMILES string of the molecule is CN1CCN([C@@H]2CCCN(c3cnc(C(N)=O)c(Nc4ccc(OCCCNC(=O)C5CCC5)cc4)n3)C2)C1=O. The Labute approximate surface area is 234 Å². The first-order valence-electron chi connectivity index (χ1n) is 14.1. The van der Waals surface area contributed by atoms with Gasteiger partial charge in [-0.2, -0.15) is 0 Å². The molecule has 0 spiro atoms. The molecule has 0 radical (unpaired) electrons. The van der Waals surface area contributed by atoms with Crippen molar-refractivity contribution in [2.45, 2.75) is 44.6 Å². The number of hydrogen-bond donors (Lipinski definition) is 3. The predicted octanol–water partition coefficient (Wildman–Crippen LogP) is 2.34. The Hall–Kier alpha value is -4.09. The number of carbonyl (C=O) groups excluding carboxylic acids is 3. The summed E-state index contributed by atoms with van der Waals surface area (Å²) in [5, 5.41) is 6.14. The van der Waals surface area contributed by atoms with Crippen LogP contribution in [-0.2, 0) is 4.79 Å². The molecule has 40 heavy (non-hydrogen) atoms. The molecule has 2 saturated heterocycles. The quantitative estimate of drug-likeness (QED) is 0.362. The minimum absolute atomic E-state index is 0.0536. The number of ether oxygens (including phenoxy) is 1. The van der Waals surface area contributed by atoms with Crippen LogP contribution in [0.15, 0.2) is 30.5 Å². The van der Waals surface area contributed by atoms with Crippen molar-refractivity contribution in [1.82, 2.24) is 25.1 Å². The first-order valence-corrected chi connectivity index (χ1v) is 14.1. The van der Waals surface area contributed by atoms with Gasteiger partial charge in [-0.1, -0.05) is 6.42 Å². The molecule has 1 aromatic heterocycles. The predicted molar refractivity (Wildman–Crippen MR) is 151 cm³/mol. The number of aromatic nitrogens is 2. The molecule has 0 bridgehead atoms. The Bertz CT molecular complexity index is 1220. The number of amides is 4. The van der Waals surface area contributed by atoms with Crippen molar-refractivity contribution in [3.63, 3.8) is 0 Å². The molecule has 2 aliphatic heterocycles. The molecular weight excluding hydrogens is 512 g/mol. The Morgan fingerprint density at radius 2 is 1.90 bits per heavy atom. The van der Waals surface area contributed by atoms with Crippen molar-refractivity contribution in [3.8, 4) is 5.75 Å². The fourth-order valence-corrected chi connectivity index (χ4v) is 5.28. The van der Waals surface area contributed by atoms with Crippen LogP contribution in [0.1, 0.15) is 49.0 Å². The lowest BCUT2D eigenvalue weighted by Crippen LogP contribution is -2.49. The van der Waals surface area contributed by atoms with E-state index >= 15 is 0 Å². The van der Waals surface area contributed by atoms with Crippen LogP contribution in [0, 0.1) is 5.92 Å². The van der Waals surface area contributed by atoms with Crippen LogP contribution < -0.4 is 26.0 Å². The number of likely N-dealkylation sites (N-methyl/N-ethyl adjacent to an activating group) is 1. The van der Waals surface area contributed by atoms with Crippen molar-refractivity contribution >= 4 is 35.2 Å². The zero-order valence-electron chi connectivity index (χ0n) is 23.0. The molecule has 3 fully saturated rings. The summed E-state index contributed by atoms with van der Waals surface area (Å²) < 4.78 is 5.80. The maximum Gasteiger partial charge on any atom is 0.320 e. The number of hydrogen-bond acceptors (Lipinski definition) is 8. The summed E-state index contributed by atoms with van der Waals surface area (Å²) in [5.74, 6) is 1.28. The van der Waals surface area contributed by atoms with Crippen LogP contribution in [0.25, 0.3) is 0 Å². The van der Waals surface area contributed by atoms with Gasteiger partial charge in [0.05, 0.1) is 18.8 Å². The van der Waals surface area contributed by atoms with Gasteiger partial charge in [-0.05, 0) is 56.4 Å². The fourth-order valence-electron chi connectivity index (χ4n) is 5.28. The van der Waals surface area contributed by atoms with E-state index in [2.05, 4.69) is 20.5 Å². The maximum atomic E-state index is 12.5. The molecule has 12 heteroatoms. The molecule has 0 unspecified atom stereocenters. The lowest BCUT2D eigenvalue weighted by molar-refractivity contribution is -0.127. The Balaban J connectivity index is 1.17. The summed E-state index contributed by atoms with van der Waals surface area (Å²) in [6.07, 6.45) is 7.30. The van der Waals surface area contributed by atoms with E-state index in [0.29, 0.717) is 37.0 Å². The second-order valence-corrected chi connectivity index (χ2v) is 10.7. The smallest absolute Gasteiger partial charge is 0.320 e. The van der Waals surface area contributed by atoms with E-state index in [1.807, 2.05) is 36.2 Å². The molecule has 3 aliphatic rings. The summed E-state index contributed by atoms with van der Waals surface area (Å²) in [5.41, 5.74) is 6.35. The van der Waals surface area contributed by atoms with E-state index in [4.69, 9.17) is 15.5 Å². The zero-order chi connectivity index (χ0) is 28.1. The normalized spacial score (nSPS) is 19.4. The molecule has 4 N–H and O–H groups in total. The minimum atomic E-state index is -0.673. The number of nitrogens with one attached hydrogen (secondary N) is 2. The third-order valence-electron chi connectivity index (χ3n) is 7.89. The van der Waals surface area contributed by atoms with Gasteiger partial charge in [-0.15, -0.1) is 0 Å². The largest absolute Gasteiger partial charge is 0.494 e. The number of urea groups is 1. The van der Waals surface area contributed by atoms with E-state index in [-0.39, 0.29) is 35.4 Å². The highest BCUT2D eigenvalue weighted by atomic mass is 16.5. The molecule has 5 rings (SSSR count). The minimum Gasteiger partial charge on any atom is -0.494 e. The second kappa shape index (κ2) is 12.4. The number of nitrogens with zero attached hydrogens (tertiary/aromatic N) is 5. The van der Waals surface area contributed by atoms with Crippen LogP contribution in [0.3, 0.4) is 0 Å². The highest BCUT2D eigenvalue weighted by Crippen LogP contribution is 2.27. The van der Waals surface area contributed by atoms with Crippen molar-refractivity contribution in [2.24, 2.45) is 11.7 Å². The number of rotatable bonds is 11. The summed E-state index contributed by atoms with van der Waals surface area (Å²) in [6, 6.07) is 7.49. The number of benzene rings is 1. The number of nitrogens with two attached hydrogens (primary N) is 1. The lowest BCUT2D eigenvalue weighted by atomic mass is 9.85. The van der Waals surface area contributed by atoms with E-state index in [0.717, 1.165) is 58.2 Å². The van der Waals surface area contributed by atoms with Crippen molar-refractivity contribution in [1.29, 1.82) is 0 Å². The van der Waals surface area contributed by atoms with Crippen LogP contribution >= 0.6 is 0 Å². The van der Waals surface area contributed by atoms with Crippen molar-refractivity contribution in [3.05, 3.63) is 36.2 Å². The van der Waals surface area contributed by atoms with Gasteiger partial charge >= 0.3 is 6.03 Å². The highest BCUT2D eigenvalue weighted by Gasteiger charge is 2.34. The van der Waals surface area contributed by atoms with Gasteiger partial charge in [0.2, 0.25) is 5.91 Å². The average molecular weight is 551 g/mol. The molecule has 4 amide bonds. The Kier molecular flexibility index (Phi) is 8.51. The van der Waals surface area contributed by atoms with E-state index < -0.39 is 5.91 Å². The summed E-state index contributed by atoms with van der Waals surface area (Å²) >= 11 is 0. The number of carbonyl (C=O) groups is 3. The molecule has 3 heterocycles. The molecule has 1 aromatic carbocycles. The molecule has 12 nitrogen and oxygen atoms in total. The van der Waals surface area contributed by atoms with Gasteiger partial charge in [0.25, 0.3) is 5.91 Å². The van der Waals surface area contributed by atoms with Gasteiger partial charge in [0.1, 0.15) is 11.6 Å². The Morgan fingerprint density at radius 1 is 1.10 bits per heavy atom. The molecule has 1 aliphatic carbocycles. The number of primary amides is 1. The maximum absolute atomic E-state index is 12.5. The molecule has 214 valence electrons. The molecule has 1 saturated carbocycles.